The van der Waals surface area contributed by atoms with E-state index in [1.807, 2.05) is 19.1 Å². The third-order valence-electron chi connectivity index (χ3n) is 7.21. The molecule has 0 radical (unpaired) electrons. The quantitative estimate of drug-likeness (QED) is 0.736. The van der Waals surface area contributed by atoms with Gasteiger partial charge in [0.1, 0.15) is 12.1 Å². The summed E-state index contributed by atoms with van der Waals surface area (Å²) in [5, 5.41) is 20.7. The van der Waals surface area contributed by atoms with Crippen LogP contribution < -0.4 is 0 Å². The summed E-state index contributed by atoms with van der Waals surface area (Å²) in [5.41, 5.74) is 1.09. The SMILES string of the molecule is CCC1(C(O)C(F)(F)C2c3ccccc3-c3cncn32)CC(C)CC(CCO)C1. The van der Waals surface area contributed by atoms with Crippen molar-refractivity contribution in [3.8, 4) is 11.3 Å². The number of nitrogens with zero attached hydrogens (tertiary/aromatic N) is 2. The smallest absolute Gasteiger partial charge is 0.298 e. The van der Waals surface area contributed by atoms with Crippen molar-refractivity contribution in [2.24, 2.45) is 17.3 Å². The minimum atomic E-state index is -3.35. The molecule has 5 unspecified atom stereocenters. The first kappa shape index (κ1) is 20.5. The van der Waals surface area contributed by atoms with Gasteiger partial charge in [-0.1, -0.05) is 38.1 Å². The lowest BCUT2D eigenvalue weighted by Gasteiger charge is -2.49. The lowest BCUT2D eigenvalue weighted by atomic mass is 9.59. The molecule has 0 saturated heterocycles. The average molecular weight is 405 g/mol. The number of aliphatic hydroxyl groups is 2. The van der Waals surface area contributed by atoms with Crippen LogP contribution in [0.2, 0.25) is 0 Å². The summed E-state index contributed by atoms with van der Waals surface area (Å²) in [6, 6.07) is 5.90. The van der Waals surface area contributed by atoms with Crippen LogP contribution in [-0.4, -0.2) is 38.4 Å². The average Bonchev–Trinajstić information content (AvgIpc) is 3.27. The number of hydrogen-bond donors (Lipinski definition) is 2. The van der Waals surface area contributed by atoms with Crippen LogP contribution in [0.1, 0.15) is 57.6 Å². The van der Waals surface area contributed by atoms with Gasteiger partial charge in [0.25, 0.3) is 5.92 Å². The van der Waals surface area contributed by atoms with Crippen LogP contribution in [0.3, 0.4) is 0 Å². The fourth-order valence-electron chi connectivity index (χ4n) is 5.98. The van der Waals surface area contributed by atoms with Crippen LogP contribution in [-0.2, 0) is 0 Å². The predicted octanol–water partition coefficient (Wildman–Crippen LogP) is 4.66. The van der Waals surface area contributed by atoms with Crippen LogP contribution in [0.5, 0.6) is 0 Å². The molecular formula is C23H30F2N2O2. The molecule has 6 heteroatoms. The Bertz CT molecular complexity index is 868. The molecule has 2 heterocycles. The van der Waals surface area contributed by atoms with E-state index in [0.29, 0.717) is 36.9 Å². The van der Waals surface area contributed by atoms with E-state index < -0.39 is 23.5 Å². The third-order valence-corrected chi connectivity index (χ3v) is 7.21. The van der Waals surface area contributed by atoms with E-state index in [2.05, 4.69) is 11.9 Å². The van der Waals surface area contributed by atoms with E-state index in [9.17, 15) is 10.2 Å². The summed E-state index contributed by atoms with van der Waals surface area (Å²) < 4.78 is 33.6. The van der Waals surface area contributed by atoms with Gasteiger partial charge in [0.2, 0.25) is 0 Å². The molecule has 4 nitrogen and oxygen atoms in total. The van der Waals surface area contributed by atoms with E-state index in [4.69, 9.17) is 0 Å². The third kappa shape index (κ3) is 3.21. The van der Waals surface area contributed by atoms with Gasteiger partial charge in [-0.2, -0.15) is 0 Å². The largest absolute Gasteiger partial charge is 0.396 e. The number of aromatic nitrogens is 2. The van der Waals surface area contributed by atoms with Gasteiger partial charge in [0.15, 0.2) is 0 Å². The number of rotatable bonds is 6. The highest BCUT2D eigenvalue weighted by Crippen LogP contribution is 2.56. The minimum absolute atomic E-state index is 0.0536. The topological polar surface area (TPSA) is 58.3 Å². The molecule has 1 fully saturated rings. The van der Waals surface area contributed by atoms with Crippen LogP contribution in [0.15, 0.2) is 36.8 Å². The number of fused-ring (bicyclic) bond motifs is 3. The van der Waals surface area contributed by atoms with E-state index in [1.54, 1.807) is 18.3 Å². The standard InChI is InChI=1S/C23H30F2N2O2/c1-3-22(11-15(2)10-16(12-22)8-9-28)21(29)23(24,25)20-18-7-5-4-6-17(18)19-13-26-14-27(19)20/h4-7,13-16,20-21,28-29H,3,8-12H2,1-2H3. The maximum absolute atomic E-state index is 16.1. The van der Waals surface area contributed by atoms with Crippen molar-refractivity contribution in [1.29, 1.82) is 0 Å². The van der Waals surface area contributed by atoms with E-state index in [-0.39, 0.29) is 18.4 Å². The number of imidazole rings is 1. The summed E-state index contributed by atoms with van der Waals surface area (Å²) in [4.78, 5) is 4.08. The highest BCUT2D eigenvalue weighted by Gasteiger charge is 2.59. The molecule has 29 heavy (non-hydrogen) atoms. The van der Waals surface area contributed by atoms with Crippen molar-refractivity contribution in [3.63, 3.8) is 0 Å². The zero-order valence-electron chi connectivity index (χ0n) is 17.1. The van der Waals surface area contributed by atoms with Gasteiger partial charge >= 0.3 is 0 Å². The van der Waals surface area contributed by atoms with Crippen molar-refractivity contribution in [2.75, 3.05) is 6.61 Å². The van der Waals surface area contributed by atoms with Crippen LogP contribution in [0.25, 0.3) is 11.3 Å². The summed E-state index contributed by atoms with van der Waals surface area (Å²) >= 11 is 0. The monoisotopic (exact) mass is 404 g/mol. The van der Waals surface area contributed by atoms with Crippen LogP contribution in [0, 0.1) is 17.3 Å². The van der Waals surface area contributed by atoms with Crippen molar-refractivity contribution in [3.05, 3.63) is 42.4 Å². The second kappa shape index (κ2) is 7.47. The van der Waals surface area contributed by atoms with Gasteiger partial charge in [-0.3, -0.25) is 0 Å². The number of alkyl halides is 2. The zero-order chi connectivity index (χ0) is 20.8. The molecule has 2 N–H and O–H groups in total. The van der Waals surface area contributed by atoms with E-state index in [0.717, 1.165) is 12.0 Å². The lowest BCUT2D eigenvalue weighted by molar-refractivity contribution is -0.195. The van der Waals surface area contributed by atoms with Gasteiger partial charge in [0, 0.05) is 17.6 Å². The van der Waals surface area contributed by atoms with Gasteiger partial charge in [-0.05, 0) is 49.5 Å². The van der Waals surface area contributed by atoms with Gasteiger partial charge in [-0.25, -0.2) is 13.8 Å². The molecule has 0 bridgehead atoms. The maximum Gasteiger partial charge on any atom is 0.298 e. The van der Waals surface area contributed by atoms with Gasteiger partial charge in [0.05, 0.1) is 18.2 Å². The first-order valence-electron chi connectivity index (χ1n) is 10.6. The first-order valence-corrected chi connectivity index (χ1v) is 10.6. The number of aliphatic hydroxyl groups excluding tert-OH is 2. The Kier molecular flexibility index (Phi) is 5.28. The number of hydrogen-bond acceptors (Lipinski definition) is 3. The molecule has 5 atom stereocenters. The maximum atomic E-state index is 16.1. The predicted molar refractivity (Wildman–Crippen MR) is 108 cm³/mol. The van der Waals surface area contributed by atoms with Crippen molar-refractivity contribution < 1.29 is 19.0 Å². The minimum Gasteiger partial charge on any atom is -0.396 e. The van der Waals surface area contributed by atoms with Gasteiger partial charge in [-0.15, -0.1) is 0 Å². The van der Waals surface area contributed by atoms with E-state index >= 15 is 8.78 Å². The molecule has 1 aromatic heterocycles. The summed E-state index contributed by atoms with van der Waals surface area (Å²) in [5.74, 6) is -2.95. The number of halogens is 2. The van der Waals surface area contributed by atoms with Crippen molar-refractivity contribution in [1.82, 2.24) is 9.55 Å². The highest BCUT2D eigenvalue weighted by molar-refractivity contribution is 5.69. The molecule has 1 saturated carbocycles. The molecule has 0 spiro atoms. The molecule has 158 valence electrons. The Morgan fingerprint density at radius 1 is 1.31 bits per heavy atom. The Morgan fingerprint density at radius 3 is 2.79 bits per heavy atom. The van der Waals surface area contributed by atoms with Crippen LogP contribution in [0.4, 0.5) is 8.78 Å². The fraction of sp³-hybridized carbons (Fsp3) is 0.609. The zero-order valence-corrected chi connectivity index (χ0v) is 17.1. The fourth-order valence-corrected chi connectivity index (χ4v) is 5.98. The second-order valence-corrected chi connectivity index (χ2v) is 9.10. The highest BCUT2D eigenvalue weighted by atomic mass is 19.3. The molecule has 1 aliphatic heterocycles. The second-order valence-electron chi connectivity index (χ2n) is 9.10. The molecular weight excluding hydrogens is 374 g/mol. The Hall–Kier alpha value is -1.79. The van der Waals surface area contributed by atoms with Crippen LogP contribution >= 0.6 is 0 Å². The molecule has 4 rings (SSSR count). The number of benzene rings is 1. The Labute approximate surface area is 170 Å². The summed E-state index contributed by atoms with van der Waals surface area (Å²) in [6.07, 6.45) is 4.38. The normalized spacial score (nSPS) is 30.1. The van der Waals surface area contributed by atoms with E-state index in [1.165, 1.54) is 10.9 Å². The lowest BCUT2D eigenvalue weighted by Crippen LogP contribution is -2.54. The first-order chi connectivity index (χ1) is 13.8. The molecule has 1 aromatic carbocycles. The van der Waals surface area contributed by atoms with Gasteiger partial charge < -0.3 is 14.8 Å². The summed E-state index contributed by atoms with van der Waals surface area (Å²) in [7, 11) is 0. The van der Waals surface area contributed by atoms with Crippen molar-refractivity contribution >= 4 is 0 Å². The molecule has 0 amide bonds. The van der Waals surface area contributed by atoms with Crippen molar-refractivity contribution in [2.45, 2.75) is 64.0 Å². The Balaban J connectivity index is 1.73. The summed E-state index contributed by atoms with van der Waals surface area (Å²) in [6.45, 7) is 4.02. The Morgan fingerprint density at radius 2 is 2.07 bits per heavy atom. The molecule has 2 aromatic rings. The molecule has 1 aliphatic carbocycles. The molecule has 2 aliphatic rings.